The molecule has 0 aromatic rings. The fourth-order valence-corrected chi connectivity index (χ4v) is 8.71. The molecule has 0 heterocycles. The highest BCUT2D eigenvalue weighted by molar-refractivity contribution is 5.69. The molecule has 0 aliphatic heterocycles. The van der Waals surface area contributed by atoms with Crippen molar-refractivity contribution in [3.05, 3.63) is 24.3 Å². The minimum atomic E-state index is -0.0443. The SMILES string of the molecule is CCCCCCC(C/C=C\COC(=O)CCCCCCCN(CCCCCCCC(=O)OC/C=C\CC(CCCCCC)CCCCCC)CCCCN(C)C)CCCCCC. The van der Waals surface area contributed by atoms with Crippen LogP contribution in [0.15, 0.2) is 24.3 Å². The summed E-state index contributed by atoms with van der Waals surface area (Å²) in [5.41, 5.74) is 0. The highest BCUT2D eigenvalue weighted by Gasteiger charge is 2.10. The topological polar surface area (TPSA) is 59.1 Å². The molecule has 0 unspecified atom stereocenters. The Morgan fingerprint density at radius 3 is 1.05 bits per heavy atom. The summed E-state index contributed by atoms with van der Waals surface area (Å²) in [7, 11) is 4.33. The van der Waals surface area contributed by atoms with E-state index in [0.717, 1.165) is 56.9 Å². The van der Waals surface area contributed by atoms with E-state index in [1.54, 1.807) is 0 Å². The van der Waals surface area contributed by atoms with E-state index in [2.05, 4.69) is 75.9 Å². The summed E-state index contributed by atoms with van der Waals surface area (Å²) < 4.78 is 11.1. The molecule has 0 bridgehead atoms. The van der Waals surface area contributed by atoms with Crippen molar-refractivity contribution in [2.75, 3.05) is 53.5 Å². The van der Waals surface area contributed by atoms with Crippen LogP contribution in [0.4, 0.5) is 0 Å². The molecule has 366 valence electrons. The van der Waals surface area contributed by atoms with Crippen molar-refractivity contribution in [1.82, 2.24) is 9.80 Å². The number of rotatable bonds is 49. The summed E-state index contributed by atoms with van der Waals surface area (Å²) in [6.07, 6.45) is 52.7. The minimum absolute atomic E-state index is 0.0443. The first-order chi connectivity index (χ1) is 30.4. The monoisotopic (exact) mass is 873 g/mol. The quantitative estimate of drug-likeness (QED) is 0.0345. The summed E-state index contributed by atoms with van der Waals surface area (Å²) in [6, 6.07) is 0. The van der Waals surface area contributed by atoms with Gasteiger partial charge in [0.2, 0.25) is 0 Å². The van der Waals surface area contributed by atoms with E-state index < -0.39 is 0 Å². The first kappa shape index (κ1) is 60.3. The van der Waals surface area contributed by atoms with Gasteiger partial charge in [-0.1, -0.05) is 219 Å². The standard InChI is InChI=1S/C56H108N2O4/c1-7-11-15-25-39-53(40-26-16-12-8-2)43-31-37-51-61-55(59)45-29-21-19-23-33-48-58(50-36-35-47-57(5)6)49-34-24-20-22-30-46-56(60)62-52-38-32-44-54(41-27-17-13-9-3)42-28-18-14-10-4/h31-32,37-38,53-54H,7-30,33-36,39-52H2,1-6H3/b37-31-,38-32-. The van der Waals surface area contributed by atoms with Crippen molar-refractivity contribution in [3.63, 3.8) is 0 Å². The van der Waals surface area contributed by atoms with Crippen LogP contribution < -0.4 is 0 Å². The van der Waals surface area contributed by atoms with Crippen LogP contribution >= 0.6 is 0 Å². The number of hydrogen-bond acceptors (Lipinski definition) is 6. The van der Waals surface area contributed by atoms with Gasteiger partial charge in [0.05, 0.1) is 0 Å². The maximum absolute atomic E-state index is 12.4. The first-order valence-electron chi connectivity index (χ1n) is 27.3. The van der Waals surface area contributed by atoms with E-state index in [-0.39, 0.29) is 11.9 Å². The highest BCUT2D eigenvalue weighted by Crippen LogP contribution is 2.23. The Hall–Kier alpha value is -1.66. The van der Waals surface area contributed by atoms with Gasteiger partial charge in [0.1, 0.15) is 13.2 Å². The Labute approximate surface area is 388 Å². The van der Waals surface area contributed by atoms with Gasteiger partial charge in [-0.2, -0.15) is 0 Å². The van der Waals surface area contributed by atoms with Crippen molar-refractivity contribution in [2.45, 2.75) is 259 Å². The molecule has 0 radical (unpaired) electrons. The lowest BCUT2D eigenvalue weighted by Gasteiger charge is -2.23. The zero-order valence-corrected chi connectivity index (χ0v) is 42.7. The number of hydrogen-bond donors (Lipinski definition) is 0. The molecular formula is C56H108N2O4. The molecule has 0 aromatic heterocycles. The summed E-state index contributed by atoms with van der Waals surface area (Å²) in [5.74, 6) is 1.47. The van der Waals surface area contributed by atoms with Gasteiger partial charge in [0.15, 0.2) is 0 Å². The summed E-state index contributed by atoms with van der Waals surface area (Å²) >= 11 is 0. The maximum Gasteiger partial charge on any atom is 0.306 e. The molecule has 0 aromatic carbocycles. The van der Waals surface area contributed by atoms with E-state index >= 15 is 0 Å². The number of esters is 2. The third-order valence-electron chi connectivity index (χ3n) is 12.9. The second-order valence-corrected chi connectivity index (χ2v) is 19.3. The average molecular weight is 873 g/mol. The predicted molar refractivity (Wildman–Crippen MR) is 271 cm³/mol. The maximum atomic E-state index is 12.4. The lowest BCUT2D eigenvalue weighted by Crippen LogP contribution is -2.28. The van der Waals surface area contributed by atoms with Crippen LogP contribution in [0.25, 0.3) is 0 Å². The lowest BCUT2D eigenvalue weighted by atomic mass is 9.91. The Bertz CT molecular complexity index is 902. The molecule has 62 heavy (non-hydrogen) atoms. The molecule has 0 rings (SSSR count). The number of allylic oxidation sites excluding steroid dienone is 2. The Balaban J connectivity index is 4.24. The largest absolute Gasteiger partial charge is 0.461 e. The molecule has 6 nitrogen and oxygen atoms in total. The van der Waals surface area contributed by atoms with Gasteiger partial charge in [-0.15, -0.1) is 0 Å². The number of carbonyl (C=O) groups is 2. The van der Waals surface area contributed by atoms with Crippen LogP contribution in [0.1, 0.15) is 259 Å². The van der Waals surface area contributed by atoms with E-state index in [1.807, 2.05) is 0 Å². The Morgan fingerprint density at radius 2 is 0.694 bits per heavy atom. The number of unbranched alkanes of at least 4 members (excludes halogenated alkanes) is 21. The molecule has 0 N–H and O–H groups in total. The van der Waals surface area contributed by atoms with E-state index in [1.165, 1.54) is 199 Å². The molecule has 0 aliphatic carbocycles. The lowest BCUT2D eigenvalue weighted by molar-refractivity contribution is -0.143. The second-order valence-electron chi connectivity index (χ2n) is 19.3. The van der Waals surface area contributed by atoms with Gasteiger partial charge >= 0.3 is 11.9 Å². The van der Waals surface area contributed by atoms with Crippen LogP contribution in [0.2, 0.25) is 0 Å². The smallest absolute Gasteiger partial charge is 0.306 e. The molecule has 0 saturated heterocycles. The fourth-order valence-electron chi connectivity index (χ4n) is 8.71. The van der Waals surface area contributed by atoms with Crippen LogP contribution in [0.3, 0.4) is 0 Å². The van der Waals surface area contributed by atoms with Crippen LogP contribution in [0, 0.1) is 11.8 Å². The molecule has 0 spiro atoms. The van der Waals surface area contributed by atoms with E-state index in [0.29, 0.717) is 26.1 Å². The second kappa shape index (κ2) is 48.8. The van der Waals surface area contributed by atoms with Crippen molar-refractivity contribution in [2.24, 2.45) is 11.8 Å². The third-order valence-corrected chi connectivity index (χ3v) is 12.9. The van der Waals surface area contributed by atoms with Crippen molar-refractivity contribution >= 4 is 11.9 Å². The number of ether oxygens (including phenoxy) is 2. The van der Waals surface area contributed by atoms with Gasteiger partial charge in [-0.3, -0.25) is 9.59 Å². The Morgan fingerprint density at radius 1 is 0.387 bits per heavy atom. The zero-order chi connectivity index (χ0) is 45.4. The molecule has 0 fully saturated rings. The fraction of sp³-hybridized carbons (Fsp3) is 0.893. The van der Waals surface area contributed by atoms with E-state index in [4.69, 9.17) is 9.47 Å². The van der Waals surface area contributed by atoms with Gasteiger partial charge in [-0.25, -0.2) is 0 Å². The first-order valence-corrected chi connectivity index (χ1v) is 27.3. The molecule has 0 amide bonds. The number of carbonyl (C=O) groups excluding carboxylic acids is 2. The van der Waals surface area contributed by atoms with Gasteiger partial charge in [0.25, 0.3) is 0 Å². The van der Waals surface area contributed by atoms with Crippen LogP contribution in [-0.4, -0.2) is 75.2 Å². The van der Waals surface area contributed by atoms with Gasteiger partial charge in [0, 0.05) is 12.8 Å². The van der Waals surface area contributed by atoms with E-state index in [9.17, 15) is 9.59 Å². The molecule has 6 heteroatoms. The summed E-state index contributed by atoms with van der Waals surface area (Å²) in [5, 5.41) is 0. The molecular weight excluding hydrogens is 765 g/mol. The van der Waals surface area contributed by atoms with Gasteiger partial charge < -0.3 is 19.3 Å². The zero-order valence-electron chi connectivity index (χ0n) is 42.7. The highest BCUT2D eigenvalue weighted by atomic mass is 16.5. The average Bonchev–Trinajstić information content (AvgIpc) is 3.26. The normalized spacial score (nSPS) is 12.1. The predicted octanol–water partition coefficient (Wildman–Crippen LogP) is 16.4. The number of nitrogens with zero attached hydrogens (tertiary/aromatic N) is 2. The van der Waals surface area contributed by atoms with Crippen molar-refractivity contribution in [3.8, 4) is 0 Å². The third kappa shape index (κ3) is 44.9. The van der Waals surface area contributed by atoms with Gasteiger partial charge in [-0.05, 0) is 103 Å². The van der Waals surface area contributed by atoms with Crippen LogP contribution in [-0.2, 0) is 19.1 Å². The summed E-state index contributed by atoms with van der Waals surface area (Å²) in [4.78, 5) is 29.7. The summed E-state index contributed by atoms with van der Waals surface area (Å²) in [6.45, 7) is 14.7. The minimum Gasteiger partial charge on any atom is -0.461 e. The van der Waals surface area contributed by atoms with Crippen molar-refractivity contribution in [1.29, 1.82) is 0 Å². The molecule has 0 atom stereocenters. The Kier molecular flexibility index (Phi) is 47.5. The molecule has 0 aliphatic rings. The van der Waals surface area contributed by atoms with Crippen LogP contribution in [0.5, 0.6) is 0 Å². The van der Waals surface area contributed by atoms with Crippen molar-refractivity contribution < 1.29 is 19.1 Å². The molecule has 0 saturated carbocycles.